The van der Waals surface area contributed by atoms with Crippen LogP contribution in [0.3, 0.4) is 0 Å². The van der Waals surface area contributed by atoms with Crippen molar-refractivity contribution in [2.24, 2.45) is 5.92 Å². The molecule has 1 fully saturated rings. The van der Waals surface area contributed by atoms with Crippen LogP contribution in [0.1, 0.15) is 54.2 Å². The third-order valence-corrected chi connectivity index (χ3v) is 5.72. The average molecular weight is 337 g/mol. The van der Waals surface area contributed by atoms with Crippen molar-refractivity contribution in [3.05, 3.63) is 58.7 Å². The smallest absolute Gasteiger partial charge is 0.121 e. The normalized spacial score (nSPS) is 24.8. The van der Waals surface area contributed by atoms with Gasteiger partial charge in [0.1, 0.15) is 5.75 Å². The van der Waals surface area contributed by atoms with Crippen molar-refractivity contribution < 1.29 is 9.47 Å². The molecule has 25 heavy (non-hydrogen) atoms. The van der Waals surface area contributed by atoms with E-state index in [2.05, 4.69) is 55.6 Å². The van der Waals surface area contributed by atoms with E-state index < -0.39 is 0 Å². The summed E-state index contributed by atoms with van der Waals surface area (Å²) in [7, 11) is 1.73. The van der Waals surface area contributed by atoms with Gasteiger partial charge in [-0.25, -0.2) is 0 Å². The van der Waals surface area contributed by atoms with Crippen molar-refractivity contribution in [3.8, 4) is 5.75 Å². The van der Waals surface area contributed by atoms with Crippen molar-refractivity contribution in [2.75, 3.05) is 19.0 Å². The Balaban J connectivity index is 1.75. The third kappa shape index (κ3) is 2.91. The number of ether oxygens (including phenoxy) is 2. The second kappa shape index (κ2) is 6.72. The average Bonchev–Trinajstić information content (AvgIpc) is 2.67. The van der Waals surface area contributed by atoms with E-state index in [9.17, 15) is 0 Å². The van der Waals surface area contributed by atoms with Gasteiger partial charge in [-0.2, -0.15) is 0 Å². The quantitative estimate of drug-likeness (QED) is 0.835. The van der Waals surface area contributed by atoms with E-state index in [4.69, 9.17) is 9.47 Å². The first-order valence-electron chi connectivity index (χ1n) is 9.36. The van der Waals surface area contributed by atoms with Crippen molar-refractivity contribution in [1.29, 1.82) is 0 Å². The molecule has 3 nitrogen and oxygen atoms in total. The molecular weight excluding hydrogens is 310 g/mol. The van der Waals surface area contributed by atoms with Gasteiger partial charge in [0.2, 0.25) is 0 Å². The molecule has 0 saturated carbocycles. The monoisotopic (exact) mass is 337 g/mol. The van der Waals surface area contributed by atoms with Crippen molar-refractivity contribution in [2.45, 2.75) is 45.3 Å². The SMILES string of the molecule is CCc1ccc2c(c1)C1OCCCC1C(c1ccc(OC)c(C)c1)N2. The summed E-state index contributed by atoms with van der Waals surface area (Å²) in [6.45, 7) is 5.19. The Bertz CT molecular complexity index is 771. The zero-order chi connectivity index (χ0) is 17.4. The topological polar surface area (TPSA) is 30.5 Å². The fourth-order valence-electron chi connectivity index (χ4n) is 4.37. The predicted octanol–water partition coefficient (Wildman–Crippen LogP) is 5.20. The summed E-state index contributed by atoms with van der Waals surface area (Å²) in [5.74, 6) is 1.42. The van der Waals surface area contributed by atoms with Crippen LogP contribution in [0.2, 0.25) is 0 Å². The molecule has 2 heterocycles. The van der Waals surface area contributed by atoms with Gasteiger partial charge in [-0.3, -0.25) is 0 Å². The molecule has 1 N–H and O–H groups in total. The van der Waals surface area contributed by atoms with E-state index in [0.717, 1.165) is 25.2 Å². The van der Waals surface area contributed by atoms with E-state index >= 15 is 0 Å². The number of aryl methyl sites for hydroxylation is 2. The van der Waals surface area contributed by atoms with Crippen LogP contribution in [0.25, 0.3) is 0 Å². The highest BCUT2D eigenvalue weighted by atomic mass is 16.5. The first-order valence-corrected chi connectivity index (χ1v) is 9.36. The molecule has 2 aliphatic heterocycles. The molecule has 3 atom stereocenters. The standard InChI is InChI=1S/C22H27NO2/c1-4-15-7-9-19-18(13-15)22-17(6-5-11-25-22)21(23-19)16-8-10-20(24-3)14(2)12-16/h7-10,12-13,17,21-23H,4-6,11H2,1-3H3. The Morgan fingerprint density at radius 2 is 2.08 bits per heavy atom. The van der Waals surface area contributed by atoms with Gasteiger partial charge in [-0.1, -0.05) is 31.2 Å². The van der Waals surface area contributed by atoms with Crippen LogP contribution >= 0.6 is 0 Å². The molecule has 132 valence electrons. The summed E-state index contributed by atoms with van der Waals surface area (Å²) >= 11 is 0. The number of nitrogens with one attached hydrogen (secondary N) is 1. The van der Waals surface area contributed by atoms with Crippen molar-refractivity contribution in [3.63, 3.8) is 0 Å². The van der Waals surface area contributed by atoms with Gasteiger partial charge in [0.05, 0.1) is 19.3 Å². The third-order valence-electron chi connectivity index (χ3n) is 5.72. The highest BCUT2D eigenvalue weighted by molar-refractivity contribution is 5.58. The molecule has 0 bridgehead atoms. The van der Waals surface area contributed by atoms with Crippen LogP contribution in [-0.4, -0.2) is 13.7 Å². The van der Waals surface area contributed by atoms with Gasteiger partial charge in [0.15, 0.2) is 0 Å². The van der Waals surface area contributed by atoms with Gasteiger partial charge in [0.25, 0.3) is 0 Å². The van der Waals surface area contributed by atoms with Crippen LogP contribution in [0.4, 0.5) is 5.69 Å². The largest absolute Gasteiger partial charge is 0.496 e. The summed E-state index contributed by atoms with van der Waals surface area (Å²) in [5, 5.41) is 3.81. The lowest BCUT2D eigenvalue weighted by Gasteiger charge is -2.43. The predicted molar refractivity (Wildman–Crippen MR) is 101 cm³/mol. The maximum absolute atomic E-state index is 6.27. The first-order chi connectivity index (χ1) is 12.2. The van der Waals surface area contributed by atoms with Crippen LogP contribution in [0.5, 0.6) is 5.75 Å². The molecule has 3 heteroatoms. The second-order valence-corrected chi connectivity index (χ2v) is 7.22. The summed E-state index contributed by atoms with van der Waals surface area (Å²) in [5.41, 5.74) is 6.45. The molecule has 1 saturated heterocycles. The van der Waals surface area contributed by atoms with Gasteiger partial charge < -0.3 is 14.8 Å². The molecule has 0 radical (unpaired) electrons. The van der Waals surface area contributed by atoms with Gasteiger partial charge >= 0.3 is 0 Å². The molecule has 3 unspecified atom stereocenters. The van der Waals surface area contributed by atoms with Crippen LogP contribution in [-0.2, 0) is 11.2 Å². The van der Waals surface area contributed by atoms with E-state index in [1.807, 2.05) is 0 Å². The zero-order valence-electron chi connectivity index (χ0n) is 15.3. The second-order valence-electron chi connectivity index (χ2n) is 7.22. The fourth-order valence-corrected chi connectivity index (χ4v) is 4.37. The van der Waals surface area contributed by atoms with E-state index in [1.54, 1.807) is 7.11 Å². The number of fused-ring (bicyclic) bond motifs is 3. The molecular formula is C22H27NO2. The summed E-state index contributed by atoms with van der Waals surface area (Å²) < 4.78 is 11.7. The molecule has 2 aromatic carbocycles. The lowest BCUT2D eigenvalue weighted by Crippen LogP contribution is -2.36. The lowest BCUT2D eigenvalue weighted by molar-refractivity contribution is -0.0381. The Hall–Kier alpha value is -2.00. The summed E-state index contributed by atoms with van der Waals surface area (Å²) in [6, 6.07) is 13.6. The van der Waals surface area contributed by atoms with Crippen molar-refractivity contribution in [1.82, 2.24) is 0 Å². The van der Waals surface area contributed by atoms with E-state index in [1.165, 1.54) is 34.4 Å². The minimum absolute atomic E-state index is 0.198. The summed E-state index contributed by atoms with van der Waals surface area (Å²) in [4.78, 5) is 0. The molecule has 2 aliphatic rings. The van der Waals surface area contributed by atoms with Crippen LogP contribution in [0.15, 0.2) is 36.4 Å². The van der Waals surface area contributed by atoms with Crippen LogP contribution < -0.4 is 10.1 Å². The highest BCUT2D eigenvalue weighted by Gasteiger charge is 2.39. The van der Waals surface area contributed by atoms with Gasteiger partial charge in [-0.15, -0.1) is 0 Å². The van der Waals surface area contributed by atoms with E-state index in [0.29, 0.717) is 5.92 Å². The first kappa shape index (κ1) is 16.5. The van der Waals surface area contributed by atoms with Gasteiger partial charge in [-0.05, 0) is 55.0 Å². The number of hydrogen-bond acceptors (Lipinski definition) is 3. The maximum Gasteiger partial charge on any atom is 0.121 e. The number of benzene rings is 2. The minimum atomic E-state index is 0.198. The number of methoxy groups -OCH3 is 1. The Labute approximate surface area is 150 Å². The molecule has 4 rings (SSSR count). The van der Waals surface area contributed by atoms with Crippen LogP contribution in [0, 0.1) is 12.8 Å². The Morgan fingerprint density at radius 1 is 1.20 bits per heavy atom. The lowest BCUT2D eigenvalue weighted by atomic mass is 9.77. The summed E-state index contributed by atoms with van der Waals surface area (Å²) in [6.07, 6.45) is 3.59. The zero-order valence-corrected chi connectivity index (χ0v) is 15.3. The van der Waals surface area contributed by atoms with E-state index in [-0.39, 0.29) is 12.1 Å². The molecule has 0 aromatic heterocycles. The fraction of sp³-hybridized carbons (Fsp3) is 0.455. The molecule has 2 aromatic rings. The molecule has 0 spiro atoms. The Morgan fingerprint density at radius 3 is 2.84 bits per heavy atom. The highest BCUT2D eigenvalue weighted by Crippen LogP contribution is 2.49. The number of anilines is 1. The minimum Gasteiger partial charge on any atom is -0.496 e. The Kier molecular flexibility index (Phi) is 4.43. The number of hydrogen-bond donors (Lipinski definition) is 1. The number of rotatable bonds is 3. The van der Waals surface area contributed by atoms with Crippen molar-refractivity contribution >= 4 is 5.69 Å². The maximum atomic E-state index is 6.27. The molecule has 0 aliphatic carbocycles. The molecule has 0 amide bonds. The van der Waals surface area contributed by atoms with Gasteiger partial charge in [0, 0.05) is 23.8 Å².